The number of carbonyl (C=O) groups excluding carboxylic acids is 2. The second-order valence-corrected chi connectivity index (χ2v) is 5.04. The summed E-state index contributed by atoms with van der Waals surface area (Å²) in [7, 11) is 0. The van der Waals surface area contributed by atoms with E-state index in [4.69, 9.17) is 0 Å². The number of aromatic amines is 1. The van der Waals surface area contributed by atoms with E-state index in [0.29, 0.717) is 23.4 Å². The summed E-state index contributed by atoms with van der Waals surface area (Å²) in [6.45, 7) is 0.405. The fraction of sp³-hybridized carbons (Fsp3) is 0.0556. The molecule has 5 heteroatoms. The van der Waals surface area contributed by atoms with Gasteiger partial charge in [0.2, 0.25) is 0 Å². The van der Waals surface area contributed by atoms with E-state index < -0.39 is 0 Å². The summed E-state index contributed by atoms with van der Waals surface area (Å²) in [5.41, 5.74) is 2.37. The molecule has 0 saturated heterocycles. The van der Waals surface area contributed by atoms with Crippen LogP contribution in [0.4, 0.5) is 0 Å². The molecule has 0 fully saturated rings. The Morgan fingerprint density at radius 3 is 2.48 bits per heavy atom. The SMILES string of the molecule is O=C(c1ccccc1)c1c[nH]c(C(=O)NCc2ccncc2)c1. The maximum absolute atomic E-state index is 12.3. The summed E-state index contributed by atoms with van der Waals surface area (Å²) in [5.74, 6) is -0.371. The molecule has 0 bridgehead atoms. The maximum atomic E-state index is 12.3. The Morgan fingerprint density at radius 1 is 1.00 bits per heavy atom. The van der Waals surface area contributed by atoms with Crippen LogP contribution >= 0.6 is 0 Å². The number of ketones is 1. The number of H-pyrrole nitrogens is 1. The van der Waals surface area contributed by atoms with Crippen LogP contribution in [0.15, 0.2) is 67.1 Å². The molecular formula is C18H15N3O2. The van der Waals surface area contributed by atoms with E-state index in [1.807, 2.05) is 30.3 Å². The monoisotopic (exact) mass is 305 g/mol. The lowest BCUT2D eigenvalue weighted by atomic mass is 10.1. The van der Waals surface area contributed by atoms with Gasteiger partial charge in [-0.15, -0.1) is 0 Å². The largest absolute Gasteiger partial charge is 0.356 e. The highest BCUT2D eigenvalue weighted by molar-refractivity contribution is 6.10. The Morgan fingerprint density at radius 2 is 1.74 bits per heavy atom. The molecule has 0 atom stereocenters. The average molecular weight is 305 g/mol. The third kappa shape index (κ3) is 3.52. The summed E-state index contributed by atoms with van der Waals surface area (Å²) in [4.78, 5) is 31.2. The predicted octanol–water partition coefficient (Wildman–Crippen LogP) is 2.57. The summed E-state index contributed by atoms with van der Waals surface area (Å²) in [6.07, 6.45) is 4.90. The van der Waals surface area contributed by atoms with Crippen LogP contribution in [-0.2, 0) is 6.54 Å². The van der Waals surface area contributed by atoms with E-state index in [9.17, 15) is 9.59 Å². The predicted molar refractivity (Wildman–Crippen MR) is 86.1 cm³/mol. The second kappa shape index (κ2) is 6.70. The Labute approximate surface area is 133 Å². The van der Waals surface area contributed by atoms with Gasteiger partial charge in [0.05, 0.1) is 0 Å². The second-order valence-electron chi connectivity index (χ2n) is 5.04. The molecule has 0 unspecified atom stereocenters. The van der Waals surface area contributed by atoms with Gasteiger partial charge in [-0.25, -0.2) is 0 Å². The molecular weight excluding hydrogens is 290 g/mol. The van der Waals surface area contributed by atoms with Gasteiger partial charge in [-0.2, -0.15) is 0 Å². The van der Waals surface area contributed by atoms with Crippen LogP contribution in [0.1, 0.15) is 32.0 Å². The van der Waals surface area contributed by atoms with Crippen molar-refractivity contribution in [2.24, 2.45) is 0 Å². The Hall–Kier alpha value is -3.21. The number of carbonyl (C=O) groups is 2. The van der Waals surface area contributed by atoms with Crippen molar-refractivity contribution >= 4 is 11.7 Å². The van der Waals surface area contributed by atoms with Crippen molar-refractivity contribution in [3.63, 3.8) is 0 Å². The number of amides is 1. The van der Waals surface area contributed by atoms with Crippen molar-refractivity contribution < 1.29 is 9.59 Å². The molecule has 0 radical (unpaired) electrons. The highest BCUT2D eigenvalue weighted by Crippen LogP contribution is 2.11. The van der Waals surface area contributed by atoms with Crippen molar-refractivity contribution in [1.29, 1.82) is 0 Å². The first-order chi connectivity index (χ1) is 11.2. The number of pyridine rings is 1. The molecule has 0 aliphatic heterocycles. The molecule has 0 saturated carbocycles. The number of nitrogens with one attached hydrogen (secondary N) is 2. The van der Waals surface area contributed by atoms with Crippen LogP contribution in [0.2, 0.25) is 0 Å². The van der Waals surface area contributed by atoms with Gasteiger partial charge in [0, 0.05) is 36.3 Å². The highest BCUT2D eigenvalue weighted by Gasteiger charge is 2.14. The summed E-state index contributed by atoms with van der Waals surface area (Å²) in [5, 5.41) is 2.80. The van der Waals surface area contributed by atoms with Crippen LogP contribution in [0.3, 0.4) is 0 Å². The summed E-state index contributed by atoms with van der Waals surface area (Å²) in [6, 6.07) is 14.2. The molecule has 1 amide bonds. The van der Waals surface area contributed by atoms with E-state index in [1.54, 1.807) is 36.8 Å². The molecule has 2 heterocycles. The third-order valence-electron chi connectivity index (χ3n) is 3.43. The smallest absolute Gasteiger partial charge is 0.267 e. The molecule has 3 rings (SSSR count). The fourth-order valence-electron chi connectivity index (χ4n) is 2.19. The maximum Gasteiger partial charge on any atom is 0.267 e. The van der Waals surface area contributed by atoms with Crippen molar-refractivity contribution in [1.82, 2.24) is 15.3 Å². The minimum atomic E-state index is -0.256. The van der Waals surface area contributed by atoms with Crippen LogP contribution in [0.5, 0.6) is 0 Å². The van der Waals surface area contributed by atoms with Gasteiger partial charge < -0.3 is 10.3 Å². The molecule has 0 spiro atoms. The van der Waals surface area contributed by atoms with E-state index in [-0.39, 0.29) is 11.7 Å². The molecule has 0 aliphatic carbocycles. The van der Waals surface area contributed by atoms with Crippen molar-refractivity contribution in [2.45, 2.75) is 6.54 Å². The van der Waals surface area contributed by atoms with Crippen LogP contribution in [0, 0.1) is 0 Å². The molecule has 114 valence electrons. The molecule has 23 heavy (non-hydrogen) atoms. The number of aromatic nitrogens is 2. The molecule has 2 N–H and O–H groups in total. The number of hydrogen-bond donors (Lipinski definition) is 2. The van der Waals surface area contributed by atoms with Gasteiger partial charge in [0.15, 0.2) is 5.78 Å². The average Bonchev–Trinajstić information content (AvgIpc) is 3.11. The lowest BCUT2D eigenvalue weighted by Gasteiger charge is -2.03. The lowest BCUT2D eigenvalue weighted by Crippen LogP contribution is -2.23. The standard InChI is InChI=1S/C18H15N3O2/c22-17(14-4-2-1-3-5-14)15-10-16(20-12-15)18(23)21-11-13-6-8-19-9-7-13/h1-10,12,20H,11H2,(H,21,23). The highest BCUT2D eigenvalue weighted by atomic mass is 16.2. The third-order valence-corrected chi connectivity index (χ3v) is 3.43. The van der Waals surface area contributed by atoms with E-state index >= 15 is 0 Å². The van der Waals surface area contributed by atoms with Crippen LogP contribution in [-0.4, -0.2) is 21.7 Å². The van der Waals surface area contributed by atoms with E-state index in [2.05, 4.69) is 15.3 Å². The van der Waals surface area contributed by atoms with E-state index in [0.717, 1.165) is 5.56 Å². The topological polar surface area (TPSA) is 74.8 Å². The van der Waals surface area contributed by atoms with Crippen molar-refractivity contribution in [3.05, 3.63) is 89.5 Å². The van der Waals surface area contributed by atoms with Crippen LogP contribution in [0.25, 0.3) is 0 Å². The fourth-order valence-corrected chi connectivity index (χ4v) is 2.19. The Kier molecular flexibility index (Phi) is 4.29. The first kappa shape index (κ1) is 14.7. The normalized spacial score (nSPS) is 10.3. The molecule has 5 nitrogen and oxygen atoms in total. The van der Waals surface area contributed by atoms with Gasteiger partial charge in [-0.1, -0.05) is 30.3 Å². The minimum Gasteiger partial charge on any atom is -0.356 e. The quantitative estimate of drug-likeness (QED) is 0.711. The van der Waals surface area contributed by atoms with Crippen molar-refractivity contribution in [2.75, 3.05) is 0 Å². The number of rotatable bonds is 5. The zero-order chi connectivity index (χ0) is 16.1. The first-order valence-corrected chi connectivity index (χ1v) is 7.19. The number of nitrogens with zero attached hydrogens (tertiary/aromatic N) is 1. The Bertz CT molecular complexity index is 811. The van der Waals surface area contributed by atoms with Crippen LogP contribution < -0.4 is 5.32 Å². The number of benzene rings is 1. The zero-order valence-electron chi connectivity index (χ0n) is 12.3. The zero-order valence-corrected chi connectivity index (χ0v) is 12.3. The molecule has 3 aromatic rings. The molecule has 1 aromatic carbocycles. The summed E-state index contributed by atoms with van der Waals surface area (Å²) >= 11 is 0. The minimum absolute atomic E-state index is 0.116. The Balaban J connectivity index is 1.67. The van der Waals surface area contributed by atoms with Gasteiger partial charge in [0.25, 0.3) is 5.91 Å². The number of hydrogen-bond acceptors (Lipinski definition) is 3. The first-order valence-electron chi connectivity index (χ1n) is 7.19. The van der Waals surface area contributed by atoms with Gasteiger partial charge in [-0.05, 0) is 23.8 Å². The molecule has 0 aliphatic rings. The van der Waals surface area contributed by atoms with Gasteiger partial charge in [0.1, 0.15) is 5.69 Å². The van der Waals surface area contributed by atoms with E-state index in [1.165, 1.54) is 0 Å². The lowest BCUT2D eigenvalue weighted by molar-refractivity contribution is 0.0946. The van der Waals surface area contributed by atoms with Crippen molar-refractivity contribution in [3.8, 4) is 0 Å². The summed E-state index contributed by atoms with van der Waals surface area (Å²) < 4.78 is 0. The van der Waals surface area contributed by atoms with Gasteiger partial charge in [-0.3, -0.25) is 14.6 Å². The molecule has 2 aromatic heterocycles. The van der Waals surface area contributed by atoms with Gasteiger partial charge >= 0.3 is 0 Å².